The zero-order chi connectivity index (χ0) is 17.4. The van der Waals surface area contributed by atoms with Gasteiger partial charge >= 0.3 is 5.63 Å². The highest BCUT2D eigenvalue weighted by Gasteiger charge is 2.27. The number of carbonyl (C=O) groups is 1. The van der Waals surface area contributed by atoms with Gasteiger partial charge in [0.15, 0.2) is 5.78 Å². The number of ether oxygens (including phenoxy) is 1. The lowest BCUT2D eigenvalue weighted by Crippen LogP contribution is -2.23. The van der Waals surface area contributed by atoms with Crippen LogP contribution in [-0.4, -0.2) is 12.4 Å². The van der Waals surface area contributed by atoms with E-state index in [1.54, 1.807) is 18.2 Å². The number of ketones is 1. The number of rotatable bonds is 3. The van der Waals surface area contributed by atoms with Gasteiger partial charge in [-0.05, 0) is 42.8 Å². The van der Waals surface area contributed by atoms with E-state index in [1.807, 2.05) is 31.2 Å². The standard InChI is InChI=1S/C20H17NO4/c1-2-24-13-5-3-12(4-6-13)16-11-17(22)20-14-7-10-19(23)25-18(14)9-8-15(20)21-16/h3-10,16,21H,2,11H2,1H3. The van der Waals surface area contributed by atoms with Crippen LogP contribution >= 0.6 is 0 Å². The fourth-order valence-electron chi connectivity index (χ4n) is 3.26. The third-order valence-corrected chi connectivity index (χ3v) is 4.39. The van der Waals surface area contributed by atoms with Crippen molar-refractivity contribution in [1.82, 2.24) is 0 Å². The Bertz CT molecular complexity index is 1000. The Balaban J connectivity index is 1.70. The molecule has 0 spiro atoms. The molecule has 0 aliphatic carbocycles. The summed E-state index contributed by atoms with van der Waals surface area (Å²) in [7, 11) is 0. The lowest BCUT2D eigenvalue weighted by atomic mass is 9.90. The molecule has 1 N–H and O–H groups in total. The zero-order valence-corrected chi connectivity index (χ0v) is 13.7. The lowest BCUT2D eigenvalue weighted by Gasteiger charge is -2.27. The topological polar surface area (TPSA) is 68.5 Å². The van der Waals surface area contributed by atoms with Crippen molar-refractivity contribution >= 4 is 22.4 Å². The summed E-state index contributed by atoms with van der Waals surface area (Å²) in [4.78, 5) is 24.1. The van der Waals surface area contributed by atoms with E-state index in [1.165, 1.54) is 6.07 Å². The van der Waals surface area contributed by atoms with Crippen molar-refractivity contribution in [2.45, 2.75) is 19.4 Å². The molecule has 2 aromatic carbocycles. The van der Waals surface area contributed by atoms with Crippen LogP contribution in [0.15, 0.2) is 57.7 Å². The largest absolute Gasteiger partial charge is 0.494 e. The van der Waals surface area contributed by atoms with Crippen molar-refractivity contribution in [3.63, 3.8) is 0 Å². The zero-order valence-electron chi connectivity index (χ0n) is 13.7. The molecular weight excluding hydrogens is 318 g/mol. The number of hydrogen-bond donors (Lipinski definition) is 1. The Hall–Kier alpha value is -3.08. The van der Waals surface area contributed by atoms with Crippen LogP contribution in [0.1, 0.15) is 35.3 Å². The first-order chi connectivity index (χ1) is 12.2. The van der Waals surface area contributed by atoms with Crippen LogP contribution in [0.3, 0.4) is 0 Å². The molecule has 126 valence electrons. The molecule has 0 saturated carbocycles. The van der Waals surface area contributed by atoms with E-state index in [4.69, 9.17) is 9.15 Å². The monoisotopic (exact) mass is 335 g/mol. The summed E-state index contributed by atoms with van der Waals surface area (Å²) in [5.74, 6) is 0.849. The average molecular weight is 335 g/mol. The van der Waals surface area contributed by atoms with E-state index >= 15 is 0 Å². The molecule has 1 aliphatic heterocycles. The predicted molar refractivity (Wildman–Crippen MR) is 95.4 cm³/mol. The molecule has 1 unspecified atom stereocenters. The van der Waals surface area contributed by atoms with Crippen LogP contribution in [0.2, 0.25) is 0 Å². The summed E-state index contributed by atoms with van der Waals surface area (Å²) < 4.78 is 10.6. The van der Waals surface area contributed by atoms with E-state index in [0.29, 0.717) is 29.6 Å². The van der Waals surface area contributed by atoms with Crippen LogP contribution in [0.4, 0.5) is 5.69 Å². The first-order valence-corrected chi connectivity index (χ1v) is 8.25. The number of anilines is 1. The van der Waals surface area contributed by atoms with Crippen LogP contribution < -0.4 is 15.7 Å². The van der Waals surface area contributed by atoms with Gasteiger partial charge in [-0.1, -0.05) is 12.1 Å². The Morgan fingerprint density at radius 1 is 1.08 bits per heavy atom. The molecule has 0 radical (unpaired) electrons. The highest BCUT2D eigenvalue weighted by molar-refractivity contribution is 6.13. The molecule has 5 nitrogen and oxygen atoms in total. The van der Waals surface area contributed by atoms with Gasteiger partial charge in [-0.3, -0.25) is 4.79 Å². The first kappa shape index (κ1) is 15.4. The number of hydrogen-bond acceptors (Lipinski definition) is 5. The molecule has 1 atom stereocenters. The SMILES string of the molecule is CCOc1ccc(C2CC(=O)c3c(ccc4oc(=O)ccc34)N2)cc1. The quantitative estimate of drug-likeness (QED) is 0.735. The van der Waals surface area contributed by atoms with Crippen LogP contribution in [0.25, 0.3) is 11.0 Å². The molecule has 0 fully saturated rings. The minimum atomic E-state index is -0.420. The van der Waals surface area contributed by atoms with Crippen LogP contribution in [-0.2, 0) is 0 Å². The average Bonchev–Trinajstić information content (AvgIpc) is 2.62. The summed E-state index contributed by atoms with van der Waals surface area (Å²) >= 11 is 0. The summed E-state index contributed by atoms with van der Waals surface area (Å²) in [6.45, 7) is 2.56. The van der Waals surface area contributed by atoms with Crippen molar-refractivity contribution in [1.29, 1.82) is 0 Å². The number of nitrogens with one attached hydrogen (secondary N) is 1. The lowest BCUT2D eigenvalue weighted by molar-refractivity contribution is 0.0974. The maximum absolute atomic E-state index is 12.8. The molecule has 25 heavy (non-hydrogen) atoms. The molecular formula is C20H17NO4. The fourth-order valence-corrected chi connectivity index (χ4v) is 3.26. The summed E-state index contributed by atoms with van der Waals surface area (Å²) in [6.07, 6.45) is 0.346. The van der Waals surface area contributed by atoms with Crippen LogP contribution in [0, 0.1) is 0 Å². The number of carbonyl (C=O) groups excluding carboxylic acids is 1. The summed E-state index contributed by atoms with van der Waals surface area (Å²) in [6, 6.07) is 14.2. The van der Waals surface area contributed by atoms with E-state index in [9.17, 15) is 9.59 Å². The van der Waals surface area contributed by atoms with Gasteiger partial charge in [0, 0.05) is 23.6 Å². The molecule has 2 heterocycles. The van der Waals surface area contributed by atoms with Gasteiger partial charge in [-0.25, -0.2) is 4.79 Å². The number of fused-ring (bicyclic) bond motifs is 3. The van der Waals surface area contributed by atoms with Gasteiger partial charge in [-0.2, -0.15) is 0 Å². The Morgan fingerprint density at radius 2 is 1.88 bits per heavy atom. The fraction of sp³-hybridized carbons (Fsp3) is 0.200. The minimum Gasteiger partial charge on any atom is -0.494 e. The molecule has 1 aromatic heterocycles. The highest BCUT2D eigenvalue weighted by Crippen LogP contribution is 2.36. The molecule has 5 heteroatoms. The van der Waals surface area contributed by atoms with E-state index in [-0.39, 0.29) is 11.8 Å². The van der Waals surface area contributed by atoms with Gasteiger partial charge in [0.1, 0.15) is 11.3 Å². The molecule has 1 aliphatic rings. The minimum absolute atomic E-state index is 0.0343. The normalized spacial score (nSPS) is 16.4. The predicted octanol–water partition coefficient (Wildman–Crippen LogP) is 3.93. The van der Waals surface area contributed by atoms with Gasteiger partial charge in [0.25, 0.3) is 0 Å². The maximum atomic E-state index is 12.8. The van der Waals surface area contributed by atoms with Gasteiger partial charge < -0.3 is 14.5 Å². The Labute approximate surface area is 144 Å². The van der Waals surface area contributed by atoms with E-state index in [2.05, 4.69) is 5.32 Å². The third-order valence-electron chi connectivity index (χ3n) is 4.39. The molecule has 0 amide bonds. The molecule has 4 rings (SSSR count). The van der Waals surface area contributed by atoms with Crippen LogP contribution in [0.5, 0.6) is 5.75 Å². The number of Topliss-reactive ketones (excluding diaryl/α,β-unsaturated/α-hetero) is 1. The maximum Gasteiger partial charge on any atom is 0.336 e. The smallest absolute Gasteiger partial charge is 0.336 e. The van der Waals surface area contributed by atoms with Crippen molar-refractivity contribution < 1.29 is 13.9 Å². The summed E-state index contributed by atoms with van der Waals surface area (Å²) in [5, 5.41) is 4.09. The first-order valence-electron chi connectivity index (χ1n) is 8.25. The second kappa shape index (κ2) is 6.09. The number of benzene rings is 2. The molecule has 3 aromatic rings. The highest BCUT2D eigenvalue weighted by atomic mass is 16.5. The van der Waals surface area contributed by atoms with Gasteiger partial charge in [-0.15, -0.1) is 0 Å². The summed E-state index contributed by atoms with van der Waals surface area (Å²) in [5.41, 5.74) is 2.39. The van der Waals surface area contributed by atoms with Crippen molar-refractivity contribution in [2.75, 3.05) is 11.9 Å². The van der Waals surface area contributed by atoms with Gasteiger partial charge in [0.05, 0.1) is 18.2 Å². The van der Waals surface area contributed by atoms with E-state index < -0.39 is 5.63 Å². The van der Waals surface area contributed by atoms with Gasteiger partial charge in [0.2, 0.25) is 0 Å². The second-order valence-electron chi connectivity index (χ2n) is 5.98. The van der Waals surface area contributed by atoms with Crippen molar-refractivity contribution in [2.24, 2.45) is 0 Å². The van der Waals surface area contributed by atoms with Crippen molar-refractivity contribution in [3.8, 4) is 5.75 Å². The van der Waals surface area contributed by atoms with Crippen molar-refractivity contribution in [3.05, 3.63) is 70.1 Å². The molecule has 0 bridgehead atoms. The Kier molecular flexibility index (Phi) is 3.76. The Morgan fingerprint density at radius 3 is 2.64 bits per heavy atom. The second-order valence-corrected chi connectivity index (χ2v) is 5.98. The third kappa shape index (κ3) is 2.78. The molecule has 0 saturated heterocycles. The van der Waals surface area contributed by atoms with E-state index in [0.717, 1.165) is 17.0 Å².